The second-order valence-corrected chi connectivity index (χ2v) is 7.25. The average molecular weight is 286 g/mol. The van der Waals surface area contributed by atoms with Crippen LogP contribution in [-0.2, 0) is 17.1 Å². The van der Waals surface area contributed by atoms with Crippen LogP contribution in [-0.4, -0.2) is 41.6 Å². The topological polar surface area (TPSA) is 81.2 Å². The second kappa shape index (κ2) is 5.22. The summed E-state index contributed by atoms with van der Waals surface area (Å²) >= 11 is 0. The zero-order valence-corrected chi connectivity index (χ0v) is 12.5. The fraction of sp³-hybridized carbons (Fsp3) is 0.750. The summed E-state index contributed by atoms with van der Waals surface area (Å²) in [7, 11) is -1.70. The number of rotatable bonds is 3. The molecule has 0 aromatic carbocycles. The molecule has 0 bridgehead atoms. The highest BCUT2D eigenvalue weighted by Gasteiger charge is 2.33. The van der Waals surface area contributed by atoms with Gasteiger partial charge in [-0.3, -0.25) is 4.68 Å². The molecule has 1 aromatic rings. The maximum atomic E-state index is 12.6. The lowest BCUT2D eigenvalue weighted by atomic mass is 9.93. The van der Waals surface area contributed by atoms with Gasteiger partial charge in [-0.1, -0.05) is 0 Å². The number of hydrogen-bond acceptors (Lipinski definition) is 4. The quantitative estimate of drug-likeness (QED) is 0.876. The van der Waals surface area contributed by atoms with Crippen molar-refractivity contribution in [1.82, 2.24) is 14.1 Å². The van der Waals surface area contributed by atoms with Crippen LogP contribution in [0.15, 0.2) is 11.1 Å². The summed E-state index contributed by atoms with van der Waals surface area (Å²) in [5.41, 5.74) is 6.58. The minimum absolute atomic E-state index is 0.0213. The molecule has 2 rings (SSSR count). The van der Waals surface area contributed by atoms with E-state index in [1.165, 1.54) is 6.20 Å². The summed E-state index contributed by atoms with van der Waals surface area (Å²) < 4.78 is 28.4. The van der Waals surface area contributed by atoms with E-state index >= 15 is 0 Å². The molecule has 6 nitrogen and oxygen atoms in total. The maximum absolute atomic E-state index is 12.6. The molecule has 0 saturated carbocycles. The molecule has 1 aliphatic rings. The van der Waals surface area contributed by atoms with Crippen LogP contribution in [0.5, 0.6) is 0 Å². The van der Waals surface area contributed by atoms with Crippen molar-refractivity contribution < 1.29 is 8.42 Å². The van der Waals surface area contributed by atoms with Crippen molar-refractivity contribution in [2.75, 3.05) is 13.1 Å². The summed E-state index contributed by atoms with van der Waals surface area (Å²) in [6.07, 6.45) is 3.29. The smallest absolute Gasteiger partial charge is 0.246 e. The lowest BCUT2D eigenvalue weighted by molar-refractivity contribution is 0.243. The standard InChI is InChI=1S/C12H22N4O2S/c1-9(13)11-5-4-6-16(8-11)19(17,18)12-7-14-15(3)10(12)2/h7,9,11H,4-6,8,13H2,1-3H3. The first kappa shape index (κ1) is 14.5. The number of aryl methyl sites for hydroxylation is 1. The third-order valence-electron chi connectivity index (χ3n) is 3.97. The van der Waals surface area contributed by atoms with Gasteiger partial charge in [-0.25, -0.2) is 8.42 Å². The van der Waals surface area contributed by atoms with Crippen molar-refractivity contribution in [3.8, 4) is 0 Å². The first-order chi connectivity index (χ1) is 8.84. The van der Waals surface area contributed by atoms with Crippen molar-refractivity contribution in [1.29, 1.82) is 0 Å². The fourth-order valence-corrected chi connectivity index (χ4v) is 4.21. The van der Waals surface area contributed by atoms with Crippen LogP contribution in [0.3, 0.4) is 0 Å². The molecule has 2 N–H and O–H groups in total. The van der Waals surface area contributed by atoms with Gasteiger partial charge in [0.25, 0.3) is 0 Å². The summed E-state index contributed by atoms with van der Waals surface area (Å²) in [5.74, 6) is 0.237. The molecule has 0 amide bonds. The molecule has 2 unspecified atom stereocenters. The van der Waals surface area contributed by atoms with Crippen molar-refractivity contribution in [2.45, 2.75) is 37.6 Å². The predicted octanol–water partition coefficient (Wildman–Crippen LogP) is 0.476. The minimum atomic E-state index is -3.44. The minimum Gasteiger partial charge on any atom is -0.328 e. The van der Waals surface area contributed by atoms with Crippen LogP contribution in [0.2, 0.25) is 0 Å². The SMILES string of the molecule is Cc1c(S(=O)(=O)N2CCCC(C(C)N)C2)cnn1C. The van der Waals surface area contributed by atoms with E-state index in [4.69, 9.17) is 5.73 Å². The number of aromatic nitrogens is 2. The van der Waals surface area contributed by atoms with E-state index in [1.807, 2.05) is 6.92 Å². The third kappa shape index (κ3) is 2.68. The van der Waals surface area contributed by atoms with E-state index in [9.17, 15) is 8.42 Å². The molecule has 108 valence electrons. The van der Waals surface area contributed by atoms with Crippen LogP contribution in [0.4, 0.5) is 0 Å². The van der Waals surface area contributed by atoms with Gasteiger partial charge in [0.05, 0.1) is 11.9 Å². The van der Waals surface area contributed by atoms with E-state index in [0.29, 0.717) is 23.7 Å². The van der Waals surface area contributed by atoms with Crippen molar-refractivity contribution in [3.63, 3.8) is 0 Å². The number of nitrogens with two attached hydrogens (primary N) is 1. The van der Waals surface area contributed by atoms with Crippen LogP contribution in [0.1, 0.15) is 25.5 Å². The molecule has 19 heavy (non-hydrogen) atoms. The molecule has 1 aromatic heterocycles. The predicted molar refractivity (Wildman–Crippen MR) is 73.1 cm³/mol. The molecule has 1 aliphatic heterocycles. The third-order valence-corrected chi connectivity index (χ3v) is 5.94. The molecule has 2 heterocycles. The normalized spacial score (nSPS) is 23.5. The Morgan fingerprint density at radius 2 is 2.21 bits per heavy atom. The van der Waals surface area contributed by atoms with Gasteiger partial charge in [0, 0.05) is 26.2 Å². The monoisotopic (exact) mass is 286 g/mol. The summed E-state index contributed by atoms with van der Waals surface area (Å²) in [6.45, 7) is 4.79. The van der Waals surface area contributed by atoms with Crippen LogP contribution < -0.4 is 5.73 Å². The van der Waals surface area contributed by atoms with E-state index in [-0.39, 0.29) is 12.0 Å². The Kier molecular flexibility index (Phi) is 3.98. The van der Waals surface area contributed by atoms with Gasteiger partial charge >= 0.3 is 0 Å². The molecule has 0 radical (unpaired) electrons. The molecule has 1 saturated heterocycles. The molecule has 7 heteroatoms. The number of sulfonamides is 1. The fourth-order valence-electron chi connectivity index (χ4n) is 2.49. The van der Waals surface area contributed by atoms with Gasteiger partial charge in [0.2, 0.25) is 10.0 Å². The Balaban J connectivity index is 2.27. The average Bonchev–Trinajstić information content (AvgIpc) is 2.70. The Morgan fingerprint density at radius 3 is 2.74 bits per heavy atom. The summed E-state index contributed by atoms with van der Waals surface area (Å²) in [5, 5.41) is 4.02. The number of piperidine rings is 1. The van der Waals surface area contributed by atoms with E-state index in [2.05, 4.69) is 5.10 Å². The number of hydrogen-bond donors (Lipinski definition) is 1. The lowest BCUT2D eigenvalue weighted by Crippen LogP contribution is -2.45. The lowest BCUT2D eigenvalue weighted by Gasteiger charge is -2.33. The Labute approximate surface area is 114 Å². The molecule has 0 spiro atoms. The first-order valence-electron chi connectivity index (χ1n) is 6.58. The highest BCUT2D eigenvalue weighted by Crippen LogP contribution is 2.26. The van der Waals surface area contributed by atoms with E-state index in [0.717, 1.165) is 12.8 Å². The summed E-state index contributed by atoms with van der Waals surface area (Å²) in [6, 6.07) is 0.0213. The first-order valence-corrected chi connectivity index (χ1v) is 8.02. The van der Waals surface area contributed by atoms with Gasteiger partial charge in [-0.05, 0) is 32.6 Å². The van der Waals surface area contributed by atoms with Crippen LogP contribution in [0.25, 0.3) is 0 Å². The van der Waals surface area contributed by atoms with Crippen molar-refractivity contribution in [2.24, 2.45) is 18.7 Å². The van der Waals surface area contributed by atoms with E-state index in [1.54, 1.807) is 23.0 Å². The van der Waals surface area contributed by atoms with Crippen molar-refractivity contribution >= 4 is 10.0 Å². The van der Waals surface area contributed by atoms with Gasteiger partial charge in [0.1, 0.15) is 4.90 Å². The van der Waals surface area contributed by atoms with Crippen LogP contribution >= 0.6 is 0 Å². The van der Waals surface area contributed by atoms with E-state index < -0.39 is 10.0 Å². The summed E-state index contributed by atoms with van der Waals surface area (Å²) in [4.78, 5) is 0.306. The molecule has 1 fully saturated rings. The Morgan fingerprint density at radius 1 is 1.53 bits per heavy atom. The molecule has 0 aliphatic carbocycles. The van der Waals surface area contributed by atoms with Crippen molar-refractivity contribution in [3.05, 3.63) is 11.9 Å². The Hall–Kier alpha value is -0.920. The largest absolute Gasteiger partial charge is 0.328 e. The van der Waals surface area contributed by atoms with Gasteiger partial charge in [-0.15, -0.1) is 0 Å². The molecule has 2 atom stereocenters. The Bertz CT molecular complexity index is 550. The highest BCUT2D eigenvalue weighted by molar-refractivity contribution is 7.89. The van der Waals surface area contributed by atoms with Gasteiger partial charge in [-0.2, -0.15) is 9.40 Å². The maximum Gasteiger partial charge on any atom is 0.246 e. The van der Waals surface area contributed by atoms with Gasteiger partial charge < -0.3 is 5.73 Å². The molecular formula is C12H22N4O2S. The van der Waals surface area contributed by atoms with Crippen LogP contribution in [0, 0.1) is 12.8 Å². The molecular weight excluding hydrogens is 264 g/mol. The zero-order valence-electron chi connectivity index (χ0n) is 11.7. The zero-order chi connectivity index (χ0) is 14.2. The highest BCUT2D eigenvalue weighted by atomic mass is 32.2. The second-order valence-electron chi connectivity index (χ2n) is 5.34. The number of nitrogens with zero attached hydrogens (tertiary/aromatic N) is 3. The van der Waals surface area contributed by atoms with Gasteiger partial charge in [0.15, 0.2) is 0 Å².